The number of hydrogen-bond acceptors (Lipinski definition) is 7. The van der Waals surface area contributed by atoms with Crippen LogP contribution in [0.4, 0.5) is 15.9 Å². The summed E-state index contributed by atoms with van der Waals surface area (Å²) in [5.41, 5.74) is 1.09. The summed E-state index contributed by atoms with van der Waals surface area (Å²) >= 11 is 0. The molecule has 0 atom stereocenters. The number of aromatic nitrogens is 2. The van der Waals surface area contributed by atoms with E-state index in [-0.39, 0.29) is 23.6 Å². The maximum Gasteiger partial charge on any atom is 0.349 e. The molecule has 0 aliphatic carbocycles. The maximum absolute atomic E-state index is 13.0. The summed E-state index contributed by atoms with van der Waals surface area (Å²) in [7, 11) is 0. The highest BCUT2D eigenvalue weighted by Gasteiger charge is 2.18. The molecule has 5 aromatic rings. The van der Waals surface area contributed by atoms with Crippen molar-refractivity contribution in [2.75, 3.05) is 17.2 Å². The van der Waals surface area contributed by atoms with Gasteiger partial charge in [-0.2, -0.15) is 0 Å². The molecule has 0 unspecified atom stereocenters. The van der Waals surface area contributed by atoms with Gasteiger partial charge in [0.2, 0.25) is 5.91 Å². The molecule has 0 aliphatic heterocycles. The predicted octanol–water partition coefficient (Wildman–Crippen LogP) is 4.52. The molecular weight excluding hydrogens is 479 g/mol. The fraction of sp³-hybridized carbons (Fsp3) is 0.0741. The van der Waals surface area contributed by atoms with E-state index >= 15 is 0 Å². The molecule has 0 saturated heterocycles. The largest absolute Gasteiger partial charge is 0.484 e. The minimum absolute atomic E-state index is 0.0461. The van der Waals surface area contributed by atoms with Crippen LogP contribution in [-0.2, 0) is 9.59 Å². The van der Waals surface area contributed by atoms with Gasteiger partial charge in [0, 0.05) is 23.6 Å². The molecule has 2 aromatic heterocycles. The van der Waals surface area contributed by atoms with Crippen LogP contribution in [0.3, 0.4) is 0 Å². The molecule has 0 spiro atoms. The Morgan fingerprint density at radius 2 is 1.68 bits per heavy atom. The van der Waals surface area contributed by atoms with E-state index in [2.05, 4.69) is 20.6 Å². The Kier molecular flexibility index (Phi) is 6.29. The van der Waals surface area contributed by atoms with Crippen molar-refractivity contribution >= 4 is 45.2 Å². The van der Waals surface area contributed by atoms with E-state index < -0.39 is 23.3 Å². The molecule has 0 radical (unpaired) electrons. The molecule has 0 saturated carbocycles. The van der Waals surface area contributed by atoms with Crippen LogP contribution in [0.5, 0.6) is 5.75 Å². The number of ether oxygens (including phenoxy) is 1. The summed E-state index contributed by atoms with van der Waals surface area (Å²) in [4.78, 5) is 45.6. The molecule has 2 heterocycles. The van der Waals surface area contributed by atoms with Crippen molar-refractivity contribution in [3.05, 3.63) is 89.0 Å². The lowest BCUT2D eigenvalue weighted by molar-refractivity contribution is -0.118. The third kappa shape index (κ3) is 5.13. The first-order valence-corrected chi connectivity index (χ1v) is 11.2. The molecule has 0 aliphatic rings. The van der Waals surface area contributed by atoms with Gasteiger partial charge < -0.3 is 19.8 Å². The number of hydrogen-bond donors (Lipinski definition) is 2. The highest BCUT2D eigenvalue weighted by Crippen LogP contribution is 2.29. The molecule has 10 heteroatoms. The number of anilines is 2. The van der Waals surface area contributed by atoms with Gasteiger partial charge in [-0.25, -0.2) is 19.2 Å². The molecule has 3 aromatic carbocycles. The zero-order chi connectivity index (χ0) is 25.9. The second-order valence-electron chi connectivity index (χ2n) is 8.05. The number of carbonyl (C=O) groups is 2. The molecule has 2 N–H and O–H groups in total. The second kappa shape index (κ2) is 9.86. The van der Waals surface area contributed by atoms with Gasteiger partial charge in [-0.15, -0.1) is 0 Å². The Hall–Kier alpha value is -5.12. The van der Waals surface area contributed by atoms with Crippen molar-refractivity contribution in [2.24, 2.45) is 0 Å². The normalized spacial score (nSPS) is 10.9. The second-order valence-corrected chi connectivity index (χ2v) is 8.05. The highest BCUT2D eigenvalue weighted by molar-refractivity contribution is 6.08. The van der Waals surface area contributed by atoms with E-state index in [4.69, 9.17) is 9.15 Å². The summed E-state index contributed by atoms with van der Waals surface area (Å²) < 4.78 is 23.9. The Labute approximate surface area is 208 Å². The minimum Gasteiger partial charge on any atom is -0.484 e. The first-order chi connectivity index (χ1) is 17.9. The average molecular weight is 498 g/mol. The van der Waals surface area contributed by atoms with Crippen molar-refractivity contribution in [2.45, 2.75) is 6.92 Å². The Bertz CT molecular complexity index is 1700. The van der Waals surface area contributed by atoms with Gasteiger partial charge in [-0.1, -0.05) is 12.1 Å². The molecule has 184 valence electrons. The van der Waals surface area contributed by atoms with Crippen molar-refractivity contribution in [3.63, 3.8) is 0 Å². The number of rotatable bonds is 6. The molecule has 0 fully saturated rings. The first-order valence-electron chi connectivity index (χ1n) is 11.2. The molecular formula is C27H19FN4O5. The van der Waals surface area contributed by atoms with E-state index in [1.165, 1.54) is 31.2 Å². The van der Waals surface area contributed by atoms with E-state index in [0.717, 1.165) is 0 Å². The monoisotopic (exact) mass is 498 g/mol. The summed E-state index contributed by atoms with van der Waals surface area (Å²) in [5.74, 6) is -0.463. The van der Waals surface area contributed by atoms with Crippen LogP contribution in [0.25, 0.3) is 33.3 Å². The van der Waals surface area contributed by atoms with Gasteiger partial charge in [0.1, 0.15) is 22.5 Å². The average Bonchev–Trinajstić information content (AvgIpc) is 2.88. The van der Waals surface area contributed by atoms with Gasteiger partial charge in [0.15, 0.2) is 18.2 Å². The number of para-hydroxylation sites is 1. The SMILES string of the molecule is CC(=O)Nc1nc(-c2ccc(OCC(=O)Nc3ccc(F)cc3)cc2)nc2c1c(=O)oc1ccccc12. The van der Waals surface area contributed by atoms with Crippen molar-refractivity contribution < 1.29 is 23.1 Å². The van der Waals surface area contributed by atoms with E-state index in [1.807, 2.05) is 0 Å². The maximum atomic E-state index is 13.0. The summed E-state index contributed by atoms with van der Waals surface area (Å²) in [6.45, 7) is 1.06. The van der Waals surface area contributed by atoms with Crippen LogP contribution in [0.15, 0.2) is 82.0 Å². The molecule has 37 heavy (non-hydrogen) atoms. The number of nitrogens with zero attached hydrogens (tertiary/aromatic N) is 2. The highest BCUT2D eigenvalue weighted by atomic mass is 19.1. The van der Waals surface area contributed by atoms with Crippen molar-refractivity contribution in [1.29, 1.82) is 0 Å². The number of nitrogens with one attached hydrogen (secondary N) is 2. The third-order valence-electron chi connectivity index (χ3n) is 5.36. The standard InChI is InChI=1S/C27H19FN4O5/c1-15(33)29-26-23-24(20-4-2-3-5-21(20)37-27(23)35)31-25(32-26)16-6-12-19(13-7-16)36-14-22(34)30-18-10-8-17(28)9-11-18/h2-13H,14H2,1H3,(H,30,34)(H,29,31,32,33). The zero-order valence-corrected chi connectivity index (χ0v) is 19.4. The van der Waals surface area contributed by atoms with Crippen molar-refractivity contribution in [3.8, 4) is 17.1 Å². The van der Waals surface area contributed by atoms with Crippen LogP contribution in [0.1, 0.15) is 6.92 Å². The summed E-state index contributed by atoms with van der Waals surface area (Å²) in [6, 6.07) is 19.0. The summed E-state index contributed by atoms with van der Waals surface area (Å²) in [5, 5.41) is 5.88. The lowest BCUT2D eigenvalue weighted by atomic mass is 10.1. The fourth-order valence-corrected chi connectivity index (χ4v) is 3.72. The lowest BCUT2D eigenvalue weighted by Crippen LogP contribution is -2.20. The third-order valence-corrected chi connectivity index (χ3v) is 5.36. The summed E-state index contributed by atoms with van der Waals surface area (Å²) in [6.07, 6.45) is 0. The quantitative estimate of drug-likeness (QED) is 0.261. The predicted molar refractivity (Wildman–Crippen MR) is 136 cm³/mol. The molecule has 5 rings (SSSR count). The smallest absolute Gasteiger partial charge is 0.349 e. The van der Waals surface area contributed by atoms with Crippen LogP contribution in [-0.4, -0.2) is 28.4 Å². The number of amides is 2. The van der Waals surface area contributed by atoms with Gasteiger partial charge in [0.05, 0.1) is 5.52 Å². The van der Waals surface area contributed by atoms with Gasteiger partial charge in [0.25, 0.3) is 5.91 Å². The minimum atomic E-state index is -0.660. The van der Waals surface area contributed by atoms with E-state index in [0.29, 0.717) is 33.5 Å². The first kappa shape index (κ1) is 23.6. The zero-order valence-electron chi connectivity index (χ0n) is 19.4. The Morgan fingerprint density at radius 3 is 2.41 bits per heavy atom. The Morgan fingerprint density at radius 1 is 0.946 bits per heavy atom. The van der Waals surface area contributed by atoms with Gasteiger partial charge in [-0.3, -0.25) is 9.59 Å². The van der Waals surface area contributed by atoms with Gasteiger partial charge >= 0.3 is 5.63 Å². The van der Waals surface area contributed by atoms with Crippen LogP contribution < -0.4 is 21.0 Å². The topological polar surface area (TPSA) is 123 Å². The number of fused-ring (bicyclic) bond motifs is 3. The number of halogens is 1. The lowest BCUT2D eigenvalue weighted by Gasteiger charge is -2.11. The van der Waals surface area contributed by atoms with Crippen molar-refractivity contribution in [1.82, 2.24) is 9.97 Å². The van der Waals surface area contributed by atoms with Crippen LogP contribution in [0.2, 0.25) is 0 Å². The Balaban J connectivity index is 1.42. The molecule has 9 nitrogen and oxygen atoms in total. The van der Waals surface area contributed by atoms with Crippen LogP contribution in [0, 0.1) is 5.82 Å². The number of carbonyl (C=O) groups excluding carboxylic acids is 2. The van der Waals surface area contributed by atoms with E-state index in [1.54, 1.807) is 48.5 Å². The van der Waals surface area contributed by atoms with Gasteiger partial charge in [-0.05, 0) is 60.7 Å². The van der Waals surface area contributed by atoms with E-state index in [9.17, 15) is 18.8 Å². The number of benzene rings is 3. The fourth-order valence-electron chi connectivity index (χ4n) is 3.72. The van der Waals surface area contributed by atoms with Crippen LogP contribution >= 0.6 is 0 Å². The molecule has 2 amide bonds. The molecule has 0 bridgehead atoms.